The van der Waals surface area contributed by atoms with Crippen LogP contribution in [0.1, 0.15) is 24.5 Å². The summed E-state index contributed by atoms with van der Waals surface area (Å²) in [6.45, 7) is 2.00. The highest BCUT2D eigenvalue weighted by Crippen LogP contribution is 2.28. The number of hydrogen-bond donors (Lipinski definition) is 1. The summed E-state index contributed by atoms with van der Waals surface area (Å²) >= 11 is 26.1. The summed E-state index contributed by atoms with van der Waals surface area (Å²) < 4.78 is 0. The van der Waals surface area contributed by atoms with Crippen molar-refractivity contribution < 1.29 is 9.59 Å². The van der Waals surface area contributed by atoms with E-state index >= 15 is 0 Å². The van der Waals surface area contributed by atoms with Crippen molar-refractivity contribution in [3.63, 3.8) is 0 Å². The maximum Gasteiger partial charge on any atom is 0.242 e. The quantitative estimate of drug-likeness (QED) is 0.447. The van der Waals surface area contributed by atoms with Crippen molar-refractivity contribution in [2.75, 3.05) is 12.8 Å². The lowest BCUT2D eigenvalue weighted by molar-refractivity contribution is -0.139. The third-order valence-corrected chi connectivity index (χ3v) is 6.78. The van der Waals surface area contributed by atoms with Gasteiger partial charge in [0.2, 0.25) is 11.8 Å². The predicted molar refractivity (Wildman–Crippen MR) is 128 cm³/mol. The zero-order valence-corrected chi connectivity index (χ0v) is 20.4. The first-order valence-electron chi connectivity index (χ1n) is 9.24. The van der Waals surface area contributed by atoms with Crippen molar-refractivity contribution in [1.29, 1.82) is 0 Å². The highest BCUT2D eigenvalue weighted by Gasteiger charge is 2.29. The molecule has 0 aliphatic carbocycles. The second-order valence-electron chi connectivity index (χ2n) is 6.49. The average Bonchev–Trinajstić information content (AvgIpc) is 2.71. The van der Waals surface area contributed by atoms with Gasteiger partial charge >= 0.3 is 0 Å². The van der Waals surface area contributed by atoms with Gasteiger partial charge < -0.3 is 10.2 Å². The number of carbonyl (C=O) groups excluding carboxylic acids is 2. The van der Waals surface area contributed by atoms with Gasteiger partial charge in [0.05, 0.1) is 5.75 Å². The molecule has 2 rings (SSSR count). The minimum atomic E-state index is -0.630. The molecule has 2 amide bonds. The Bertz CT molecular complexity index is 890. The number of halogens is 4. The fourth-order valence-corrected chi connectivity index (χ4v) is 4.90. The average molecular weight is 508 g/mol. The van der Waals surface area contributed by atoms with Crippen LogP contribution in [0, 0.1) is 0 Å². The van der Waals surface area contributed by atoms with E-state index in [0.717, 1.165) is 5.56 Å². The van der Waals surface area contributed by atoms with Gasteiger partial charge in [0, 0.05) is 45.0 Å². The molecule has 0 saturated carbocycles. The molecule has 0 spiro atoms. The Hall–Kier alpha value is -1.11. The molecule has 4 nitrogen and oxygen atoms in total. The maximum absolute atomic E-state index is 13.1. The van der Waals surface area contributed by atoms with Gasteiger partial charge in [-0.1, -0.05) is 65.5 Å². The Kier molecular flexibility index (Phi) is 10.1. The summed E-state index contributed by atoms with van der Waals surface area (Å²) in [5.41, 5.74) is 1.50. The van der Waals surface area contributed by atoms with Crippen molar-refractivity contribution in [2.45, 2.75) is 31.7 Å². The van der Waals surface area contributed by atoms with Crippen LogP contribution in [0.2, 0.25) is 20.1 Å². The molecule has 162 valence electrons. The Morgan fingerprint density at radius 2 is 1.73 bits per heavy atom. The molecule has 0 saturated heterocycles. The summed E-state index contributed by atoms with van der Waals surface area (Å²) in [6.07, 6.45) is 0.459. The number of nitrogens with zero attached hydrogens (tertiary/aromatic N) is 1. The summed E-state index contributed by atoms with van der Waals surface area (Å²) in [5.74, 6) is 0.296. The summed E-state index contributed by atoms with van der Waals surface area (Å²) in [6, 6.07) is 9.80. The van der Waals surface area contributed by atoms with Gasteiger partial charge in [0.25, 0.3) is 0 Å². The van der Waals surface area contributed by atoms with E-state index < -0.39 is 6.04 Å². The first kappa shape index (κ1) is 25.2. The lowest BCUT2D eigenvalue weighted by Crippen LogP contribution is -2.48. The van der Waals surface area contributed by atoms with E-state index in [1.54, 1.807) is 37.4 Å². The number of likely N-dealkylation sites (N-methyl/N-ethyl adjacent to an activating group) is 1. The largest absolute Gasteiger partial charge is 0.357 e. The molecule has 2 aromatic carbocycles. The van der Waals surface area contributed by atoms with Crippen molar-refractivity contribution in [3.8, 4) is 0 Å². The van der Waals surface area contributed by atoms with Crippen LogP contribution in [-0.4, -0.2) is 35.6 Å². The number of nitrogens with one attached hydrogen (secondary N) is 1. The van der Waals surface area contributed by atoms with E-state index in [-0.39, 0.29) is 24.1 Å². The minimum absolute atomic E-state index is 0.144. The van der Waals surface area contributed by atoms with Crippen molar-refractivity contribution in [2.24, 2.45) is 0 Å². The first-order chi connectivity index (χ1) is 14.3. The van der Waals surface area contributed by atoms with Crippen molar-refractivity contribution >= 4 is 70.0 Å². The fourth-order valence-electron chi connectivity index (χ4n) is 2.91. The van der Waals surface area contributed by atoms with Gasteiger partial charge in [-0.05, 0) is 36.2 Å². The van der Waals surface area contributed by atoms with Crippen LogP contribution in [0.5, 0.6) is 0 Å². The van der Waals surface area contributed by atoms with Crippen molar-refractivity contribution in [1.82, 2.24) is 10.2 Å². The SMILES string of the molecule is CC[C@H](C(=O)NC)N(Cc1c(Cl)cccc1Cl)C(=O)CSCc1ccc(Cl)cc1Cl. The van der Waals surface area contributed by atoms with Crippen LogP contribution in [0.25, 0.3) is 0 Å². The van der Waals surface area contributed by atoms with Crippen LogP contribution in [0.3, 0.4) is 0 Å². The molecule has 1 atom stereocenters. The van der Waals surface area contributed by atoms with Crippen LogP contribution in [0.4, 0.5) is 0 Å². The van der Waals surface area contributed by atoms with E-state index in [4.69, 9.17) is 46.4 Å². The van der Waals surface area contributed by atoms with E-state index in [9.17, 15) is 9.59 Å². The molecule has 0 aliphatic heterocycles. The molecular formula is C21H22Cl4N2O2S. The molecule has 0 aliphatic rings. The number of thioether (sulfide) groups is 1. The number of carbonyl (C=O) groups is 2. The first-order valence-corrected chi connectivity index (χ1v) is 11.9. The highest BCUT2D eigenvalue weighted by molar-refractivity contribution is 7.99. The smallest absolute Gasteiger partial charge is 0.242 e. The van der Waals surface area contributed by atoms with E-state index in [2.05, 4.69) is 5.32 Å². The van der Waals surface area contributed by atoms with Gasteiger partial charge in [-0.25, -0.2) is 0 Å². The Morgan fingerprint density at radius 1 is 1.07 bits per heavy atom. The second kappa shape index (κ2) is 12.1. The monoisotopic (exact) mass is 506 g/mol. The fraction of sp³-hybridized carbons (Fsp3) is 0.333. The molecule has 30 heavy (non-hydrogen) atoms. The van der Waals surface area contributed by atoms with Crippen molar-refractivity contribution in [3.05, 3.63) is 67.6 Å². The number of hydrogen-bond acceptors (Lipinski definition) is 3. The van der Waals surface area contributed by atoms with Gasteiger partial charge in [-0.3, -0.25) is 9.59 Å². The minimum Gasteiger partial charge on any atom is -0.357 e. The molecule has 0 unspecified atom stereocenters. The van der Waals surface area contributed by atoms with E-state index in [1.807, 2.05) is 13.0 Å². The molecule has 9 heteroatoms. The Morgan fingerprint density at radius 3 is 2.30 bits per heavy atom. The lowest BCUT2D eigenvalue weighted by atomic mass is 10.1. The standard InChI is InChI=1S/C21H22Cl4N2O2S/c1-3-19(21(29)26-2)27(10-15-16(23)5-4-6-17(15)24)20(28)12-30-11-13-7-8-14(22)9-18(13)25/h4-9,19H,3,10-12H2,1-2H3,(H,26,29)/t19-/m1/s1. The van der Waals surface area contributed by atoms with Gasteiger partial charge in [0.15, 0.2) is 0 Å². The van der Waals surface area contributed by atoms with E-state index in [0.29, 0.717) is 37.8 Å². The molecule has 0 heterocycles. The topological polar surface area (TPSA) is 49.4 Å². The molecule has 1 N–H and O–H groups in total. The Balaban J connectivity index is 2.18. The van der Waals surface area contributed by atoms with Crippen LogP contribution < -0.4 is 5.32 Å². The molecular weight excluding hydrogens is 486 g/mol. The highest BCUT2D eigenvalue weighted by atomic mass is 35.5. The third-order valence-electron chi connectivity index (χ3n) is 4.52. The lowest BCUT2D eigenvalue weighted by Gasteiger charge is -2.30. The number of rotatable bonds is 9. The predicted octanol–water partition coefficient (Wildman–Crippen LogP) is 6.09. The molecule has 2 aromatic rings. The zero-order chi connectivity index (χ0) is 22.3. The summed E-state index contributed by atoms with van der Waals surface area (Å²) in [5, 5.41) is 4.64. The second-order valence-corrected chi connectivity index (χ2v) is 9.13. The third kappa shape index (κ3) is 6.69. The Labute approximate surface area is 201 Å². The van der Waals surface area contributed by atoms with Gasteiger partial charge in [-0.15, -0.1) is 11.8 Å². The molecule has 0 radical (unpaired) electrons. The summed E-state index contributed by atoms with van der Waals surface area (Å²) in [4.78, 5) is 27.0. The summed E-state index contributed by atoms with van der Waals surface area (Å²) in [7, 11) is 1.55. The zero-order valence-electron chi connectivity index (χ0n) is 16.6. The molecule has 0 aromatic heterocycles. The van der Waals surface area contributed by atoms with Crippen LogP contribution >= 0.6 is 58.2 Å². The number of amides is 2. The molecule has 0 bridgehead atoms. The normalized spacial score (nSPS) is 11.8. The molecule has 0 fully saturated rings. The van der Waals surface area contributed by atoms with Crippen LogP contribution in [-0.2, 0) is 21.9 Å². The van der Waals surface area contributed by atoms with Gasteiger partial charge in [0.1, 0.15) is 6.04 Å². The van der Waals surface area contributed by atoms with E-state index in [1.165, 1.54) is 16.7 Å². The van der Waals surface area contributed by atoms with Crippen LogP contribution in [0.15, 0.2) is 36.4 Å². The van der Waals surface area contributed by atoms with Gasteiger partial charge in [-0.2, -0.15) is 0 Å². The maximum atomic E-state index is 13.1. The number of benzene rings is 2.